The fraction of sp³-hybridized carbons (Fsp3) is 0. The van der Waals surface area contributed by atoms with E-state index in [-0.39, 0.29) is 0 Å². The average Bonchev–Trinajstić information content (AvgIpc) is 3.58. The smallest absolute Gasteiger partial charge is 0.144 e. The van der Waals surface area contributed by atoms with E-state index in [1.165, 1.54) is 82.2 Å². The van der Waals surface area contributed by atoms with Crippen LogP contribution in [0.15, 0.2) is 146 Å². The lowest BCUT2D eigenvalue weighted by Gasteiger charge is -2.22. The summed E-state index contributed by atoms with van der Waals surface area (Å²) in [7, 11) is 11.2. The molecule has 0 aliphatic heterocycles. The molecule has 3 nitrogen and oxygen atoms in total. The number of aromatic nitrogens is 3. The summed E-state index contributed by atoms with van der Waals surface area (Å²) in [4.78, 5) is 9.80. The van der Waals surface area contributed by atoms with Gasteiger partial charge >= 0.3 is 0 Å². The molecule has 0 unspecified atom stereocenters. The molecular weight excluding hydrogens is 625 g/mol. The van der Waals surface area contributed by atoms with E-state index < -0.39 is 0 Å². The van der Waals surface area contributed by atoms with Gasteiger partial charge in [-0.2, -0.15) is 0 Å². The number of imidazole rings is 1. The Kier molecular flexibility index (Phi) is 7.77. The lowest BCUT2D eigenvalue weighted by Crippen LogP contribution is -2.55. The maximum atomic E-state index is 5.33. The third kappa shape index (κ3) is 4.97. The number of nitrogens with zero attached hydrogens (tertiary/aromatic N) is 3. The molecule has 52 heavy (non-hydrogen) atoms. The van der Waals surface area contributed by atoms with Crippen LogP contribution in [-0.4, -0.2) is 53.8 Å². The molecule has 2 heterocycles. The molecule has 0 fully saturated rings. The van der Waals surface area contributed by atoms with E-state index in [0.717, 1.165) is 28.1 Å². The second-order valence-electron chi connectivity index (χ2n) is 13.9. The highest BCUT2D eigenvalue weighted by Gasteiger charge is 2.22. The van der Waals surface area contributed by atoms with E-state index in [1.807, 2.05) is 18.5 Å². The van der Waals surface area contributed by atoms with Crippen molar-refractivity contribution in [2.75, 3.05) is 0 Å². The normalized spacial score (nSPS) is 11.5. The zero-order valence-electron chi connectivity index (χ0n) is 30.2. The quantitative estimate of drug-likeness (QED) is 0.211. The van der Waals surface area contributed by atoms with E-state index in [2.05, 4.69) is 176 Å². The van der Waals surface area contributed by atoms with E-state index >= 15 is 0 Å². The molecule has 0 spiro atoms. The van der Waals surface area contributed by atoms with Crippen LogP contribution in [0.3, 0.4) is 0 Å². The first-order valence-electron chi connectivity index (χ1n) is 18.0. The summed E-state index contributed by atoms with van der Waals surface area (Å²) in [6.07, 6.45) is 3.79. The first kappa shape index (κ1) is 31.9. The zero-order valence-corrected chi connectivity index (χ0v) is 30.2. The van der Waals surface area contributed by atoms with Crippen molar-refractivity contribution in [3.8, 4) is 50.5 Å². The van der Waals surface area contributed by atoms with Gasteiger partial charge < -0.3 is 0 Å². The Morgan fingerprint density at radius 1 is 0.442 bits per heavy atom. The Hall–Kier alpha value is -6.00. The Morgan fingerprint density at radius 3 is 1.65 bits per heavy atom. The maximum absolute atomic E-state index is 5.33. The second-order valence-corrected chi connectivity index (χ2v) is 13.9. The molecule has 0 saturated heterocycles. The predicted octanol–water partition coefficient (Wildman–Crippen LogP) is 2.69. The van der Waals surface area contributed by atoms with Gasteiger partial charge in [-0.05, 0) is 79.7 Å². The third-order valence-electron chi connectivity index (χ3n) is 11.3. The molecule has 9 rings (SSSR count). The minimum atomic E-state index is 0.983. The number of hydrogen-bond acceptors (Lipinski definition) is 2. The van der Waals surface area contributed by atoms with Crippen molar-refractivity contribution in [3.63, 3.8) is 0 Å². The summed E-state index contributed by atoms with van der Waals surface area (Å²) in [5.74, 6) is 0.983. The largest absolute Gasteiger partial charge is 0.292 e. The standard InChI is InChI=1S/C44H34B5N3/c45-39-38(40(46)42(48)43(49)41(39)47)44-51-34-20-7-8-21-35(34)52(44)27-13-9-11-25(23-27)36-30-16-3-5-18-32(30)37(33-19-6-4-17-31(33)36)29-15-2-1-14-28(29)26-12-10-22-50-24-26/h1-24H,45-49H2. The van der Waals surface area contributed by atoms with Crippen molar-refractivity contribution in [1.82, 2.24) is 14.5 Å². The van der Waals surface area contributed by atoms with Crippen molar-refractivity contribution in [2.24, 2.45) is 0 Å². The summed E-state index contributed by atoms with van der Waals surface area (Å²) in [6, 6.07) is 48.2. The Bertz CT molecular complexity index is 2780. The van der Waals surface area contributed by atoms with Gasteiger partial charge in [-0.1, -0.05) is 114 Å². The van der Waals surface area contributed by atoms with Gasteiger partial charge in [0.25, 0.3) is 0 Å². The average molecular weight is 659 g/mol. The number of rotatable bonds is 5. The second kappa shape index (κ2) is 12.6. The SMILES string of the molecule is Bc1c(B)c(B)c(-c2nc3ccccc3n2-c2cccc(-c3c4ccccc4c(-c4ccccc4-c4cccnc4)c4ccccc34)c2)c(B)c1B. The summed E-state index contributed by atoms with van der Waals surface area (Å²) < 4.78 is 2.37. The molecule has 0 bridgehead atoms. The van der Waals surface area contributed by atoms with Crippen molar-refractivity contribution in [2.45, 2.75) is 0 Å². The highest BCUT2D eigenvalue weighted by molar-refractivity contribution is 6.68. The Balaban J connectivity index is 1.32. The van der Waals surface area contributed by atoms with E-state index in [0.29, 0.717) is 0 Å². The summed E-state index contributed by atoms with van der Waals surface area (Å²) in [6.45, 7) is 0. The minimum absolute atomic E-state index is 0.983. The highest BCUT2D eigenvalue weighted by atomic mass is 15.1. The van der Waals surface area contributed by atoms with Crippen LogP contribution in [0.25, 0.3) is 83.0 Å². The van der Waals surface area contributed by atoms with Gasteiger partial charge in [-0.15, -0.1) is 16.4 Å². The van der Waals surface area contributed by atoms with Crippen molar-refractivity contribution < 1.29 is 0 Å². The fourth-order valence-electron chi connectivity index (χ4n) is 8.30. The van der Waals surface area contributed by atoms with Crippen LogP contribution in [0.5, 0.6) is 0 Å². The first-order valence-corrected chi connectivity index (χ1v) is 18.0. The lowest BCUT2D eigenvalue weighted by atomic mass is 9.60. The van der Waals surface area contributed by atoms with Gasteiger partial charge in [-0.25, -0.2) is 4.98 Å². The topological polar surface area (TPSA) is 30.7 Å². The molecule has 9 aromatic rings. The monoisotopic (exact) mass is 659 g/mol. The first-order chi connectivity index (χ1) is 25.4. The number of pyridine rings is 1. The Labute approximate surface area is 308 Å². The van der Waals surface area contributed by atoms with E-state index in [4.69, 9.17) is 4.98 Å². The number of hydrogen-bond donors (Lipinski definition) is 0. The van der Waals surface area contributed by atoms with Gasteiger partial charge in [-0.3, -0.25) is 9.55 Å². The molecule has 0 atom stereocenters. The molecule has 0 saturated carbocycles. The Morgan fingerprint density at radius 2 is 1.00 bits per heavy atom. The molecule has 7 aromatic carbocycles. The summed E-state index contributed by atoms with van der Waals surface area (Å²) in [5, 5.41) is 4.90. The van der Waals surface area contributed by atoms with Crippen molar-refractivity contribution in [1.29, 1.82) is 0 Å². The molecule has 8 heteroatoms. The van der Waals surface area contributed by atoms with Gasteiger partial charge in [0.05, 0.1) is 11.0 Å². The van der Waals surface area contributed by atoms with Crippen LogP contribution in [0.2, 0.25) is 0 Å². The van der Waals surface area contributed by atoms with Crippen LogP contribution >= 0.6 is 0 Å². The van der Waals surface area contributed by atoms with Gasteiger partial charge in [0.2, 0.25) is 0 Å². The molecule has 240 valence electrons. The number of fused-ring (bicyclic) bond motifs is 3. The van der Waals surface area contributed by atoms with E-state index in [1.54, 1.807) is 0 Å². The summed E-state index contributed by atoms with van der Waals surface area (Å²) >= 11 is 0. The molecule has 0 radical (unpaired) electrons. The van der Waals surface area contributed by atoms with E-state index in [9.17, 15) is 0 Å². The molecule has 2 aromatic heterocycles. The predicted molar refractivity (Wildman–Crippen MR) is 237 cm³/mol. The molecule has 0 amide bonds. The van der Waals surface area contributed by atoms with Crippen LogP contribution in [0.1, 0.15) is 0 Å². The summed E-state index contributed by atoms with van der Waals surface area (Å²) in [5.41, 5.74) is 18.1. The van der Waals surface area contributed by atoms with Crippen molar-refractivity contribution >= 4 is 99.1 Å². The van der Waals surface area contributed by atoms with Gasteiger partial charge in [0.1, 0.15) is 45.1 Å². The molecular formula is C44H34B5N3. The lowest BCUT2D eigenvalue weighted by molar-refractivity contribution is 1.11. The zero-order chi connectivity index (χ0) is 35.5. The van der Waals surface area contributed by atoms with Gasteiger partial charge in [0, 0.05) is 29.2 Å². The van der Waals surface area contributed by atoms with Crippen LogP contribution in [0.4, 0.5) is 0 Å². The van der Waals surface area contributed by atoms with Crippen LogP contribution in [0, 0.1) is 0 Å². The minimum Gasteiger partial charge on any atom is -0.292 e. The van der Waals surface area contributed by atoms with Crippen LogP contribution in [-0.2, 0) is 0 Å². The van der Waals surface area contributed by atoms with Crippen molar-refractivity contribution in [3.05, 3.63) is 146 Å². The number of para-hydroxylation sites is 2. The third-order valence-corrected chi connectivity index (χ3v) is 11.3. The molecule has 0 aliphatic rings. The van der Waals surface area contributed by atoms with Crippen LogP contribution < -0.4 is 27.3 Å². The van der Waals surface area contributed by atoms with Gasteiger partial charge in [0.15, 0.2) is 0 Å². The highest BCUT2D eigenvalue weighted by Crippen LogP contribution is 2.46. The molecule has 0 N–H and O–H groups in total. The maximum Gasteiger partial charge on any atom is 0.144 e. The number of benzene rings is 7. The molecule has 0 aliphatic carbocycles. The fourth-order valence-corrected chi connectivity index (χ4v) is 8.30.